The summed E-state index contributed by atoms with van der Waals surface area (Å²) in [4.78, 5) is 11.7. The fourth-order valence-electron chi connectivity index (χ4n) is 2.88. The summed E-state index contributed by atoms with van der Waals surface area (Å²) in [5.41, 5.74) is 0.275. The largest absolute Gasteiger partial charge is 0.494 e. The van der Waals surface area contributed by atoms with Crippen LogP contribution >= 0.6 is 0 Å². The summed E-state index contributed by atoms with van der Waals surface area (Å²) in [7, 11) is 0. The smallest absolute Gasteiger partial charge is 0.433 e. The molecule has 0 N–H and O–H groups in total. The van der Waals surface area contributed by atoms with Crippen molar-refractivity contribution in [2.75, 3.05) is 37.7 Å². The number of nitrogens with zero attached hydrogens (tertiary/aromatic N) is 4. The van der Waals surface area contributed by atoms with E-state index in [-0.39, 0.29) is 5.95 Å². The number of halogens is 3. The average Bonchev–Trinajstić information content (AvgIpc) is 2.64. The first kappa shape index (κ1) is 18.4. The van der Waals surface area contributed by atoms with Crippen LogP contribution in [-0.4, -0.2) is 47.7 Å². The number of aromatic nitrogens is 2. The van der Waals surface area contributed by atoms with Crippen LogP contribution in [0.15, 0.2) is 36.5 Å². The van der Waals surface area contributed by atoms with Crippen LogP contribution in [0.3, 0.4) is 0 Å². The highest BCUT2D eigenvalue weighted by Crippen LogP contribution is 2.28. The van der Waals surface area contributed by atoms with Gasteiger partial charge in [-0.1, -0.05) is 12.1 Å². The van der Waals surface area contributed by atoms with Crippen LogP contribution in [-0.2, 0) is 12.7 Å². The minimum absolute atomic E-state index is 0.139. The topological polar surface area (TPSA) is 41.5 Å². The SMILES string of the molecule is CCOc1ccc(CN2CCN(c3nccc(C(F)(F)F)n3)CC2)cc1. The molecule has 0 saturated carbocycles. The summed E-state index contributed by atoms with van der Waals surface area (Å²) in [5, 5.41) is 0. The van der Waals surface area contributed by atoms with Crippen molar-refractivity contribution in [3.05, 3.63) is 47.8 Å². The second kappa shape index (κ2) is 7.90. The number of ether oxygens (including phenoxy) is 1. The quantitative estimate of drug-likeness (QED) is 0.813. The number of hydrogen-bond acceptors (Lipinski definition) is 5. The summed E-state index contributed by atoms with van der Waals surface area (Å²) in [6, 6.07) is 8.86. The van der Waals surface area contributed by atoms with E-state index in [1.807, 2.05) is 31.2 Å². The standard InChI is InChI=1S/C18H21F3N4O/c1-2-26-15-5-3-14(4-6-15)13-24-9-11-25(12-10-24)17-22-8-7-16(23-17)18(19,20)21/h3-8H,2,9-13H2,1H3. The third kappa shape index (κ3) is 4.63. The van der Waals surface area contributed by atoms with Crippen LogP contribution in [0.1, 0.15) is 18.2 Å². The van der Waals surface area contributed by atoms with Crippen molar-refractivity contribution >= 4 is 5.95 Å². The number of hydrogen-bond donors (Lipinski definition) is 0. The molecule has 0 unspecified atom stereocenters. The Labute approximate surface area is 150 Å². The van der Waals surface area contributed by atoms with Gasteiger partial charge in [-0.3, -0.25) is 4.90 Å². The van der Waals surface area contributed by atoms with Gasteiger partial charge in [0.15, 0.2) is 0 Å². The maximum absolute atomic E-state index is 12.8. The van der Waals surface area contributed by atoms with Gasteiger partial charge in [-0.2, -0.15) is 13.2 Å². The monoisotopic (exact) mass is 366 g/mol. The third-order valence-electron chi connectivity index (χ3n) is 4.23. The molecule has 140 valence electrons. The van der Waals surface area contributed by atoms with E-state index in [4.69, 9.17) is 4.74 Å². The first-order valence-corrected chi connectivity index (χ1v) is 8.55. The molecule has 1 aliphatic rings. The summed E-state index contributed by atoms with van der Waals surface area (Å²) in [6.45, 7) is 6.06. The van der Waals surface area contributed by atoms with Crippen molar-refractivity contribution in [3.8, 4) is 5.75 Å². The third-order valence-corrected chi connectivity index (χ3v) is 4.23. The Morgan fingerprint density at radius 3 is 2.35 bits per heavy atom. The molecular formula is C18H21F3N4O. The van der Waals surface area contributed by atoms with Gasteiger partial charge in [-0.05, 0) is 30.7 Å². The van der Waals surface area contributed by atoms with Crippen LogP contribution in [0, 0.1) is 0 Å². The molecule has 1 fully saturated rings. The highest BCUT2D eigenvalue weighted by molar-refractivity contribution is 5.32. The van der Waals surface area contributed by atoms with Crippen LogP contribution in [0.25, 0.3) is 0 Å². The first-order chi connectivity index (χ1) is 12.5. The Hall–Kier alpha value is -2.35. The molecule has 0 amide bonds. The van der Waals surface area contributed by atoms with E-state index in [1.165, 1.54) is 5.56 Å². The molecule has 2 heterocycles. The second-order valence-corrected chi connectivity index (χ2v) is 6.08. The fourth-order valence-corrected chi connectivity index (χ4v) is 2.88. The molecule has 0 bridgehead atoms. The molecule has 5 nitrogen and oxygen atoms in total. The Morgan fingerprint density at radius 1 is 1.04 bits per heavy atom. The summed E-state index contributed by atoms with van der Waals surface area (Å²) in [5.74, 6) is 0.989. The normalized spacial score (nSPS) is 15.9. The lowest BCUT2D eigenvalue weighted by Crippen LogP contribution is -2.46. The van der Waals surface area contributed by atoms with Gasteiger partial charge in [0, 0.05) is 38.9 Å². The van der Waals surface area contributed by atoms with Crippen molar-refractivity contribution in [2.45, 2.75) is 19.6 Å². The molecule has 0 radical (unpaired) electrons. The minimum Gasteiger partial charge on any atom is -0.494 e. The highest BCUT2D eigenvalue weighted by atomic mass is 19.4. The number of piperazine rings is 1. The molecule has 1 saturated heterocycles. The van der Waals surface area contributed by atoms with E-state index in [2.05, 4.69) is 14.9 Å². The Bertz CT molecular complexity index is 713. The van der Waals surface area contributed by atoms with E-state index in [9.17, 15) is 13.2 Å². The number of alkyl halides is 3. The zero-order valence-corrected chi connectivity index (χ0v) is 14.5. The maximum Gasteiger partial charge on any atom is 0.433 e. The lowest BCUT2D eigenvalue weighted by atomic mass is 10.2. The number of benzene rings is 1. The van der Waals surface area contributed by atoms with Crippen molar-refractivity contribution in [1.29, 1.82) is 0 Å². The molecule has 8 heteroatoms. The molecule has 0 atom stereocenters. The van der Waals surface area contributed by atoms with Crippen LogP contribution in [0.2, 0.25) is 0 Å². The first-order valence-electron chi connectivity index (χ1n) is 8.55. The Kier molecular flexibility index (Phi) is 5.61. The predicted octanol–water partition coefficient (Wildman–Crippen LogP) is 3.22. The average molecular weight is 366 g/mol. The van der Waals surface area contributed by atoms with E-state index in [0.717, 1.165) is 37.6 Å². The summed E-state index contributed by atoms with van der Waals surface area (Å²) >= 11 is 0. The molecular weight excluding hydrogens is 345 g/mol. The molecule has 1 aromatic heterocycles. The van der Waals surface area contributed by atoms with E-state index < -0.39 is 11.9 Å². The van der Waals surface area contributed by atoms with Crippen LogP contribution in [0.4, 0.5) is 19.1 Å². The van der Waals surface area contributed by atoms with Crippen LogP contribution < -0.4 is 9.64 Å². The molecule has 0 aliphatic carbocycles. The van der Waals surface area contributed by atoms with Gasteiger partial charge >= 0.3 is 6.18 Å². The van der Waals surface area contributed by atoms with Gasteiger partial charge in [-0.15, -0.1) is 0 Å². The van der Waals surface area contributed by atoms with E-state index >= 15 is 0 Å². The lowest BCUT2D eigenvalue weighted by Gasteiger charge is -2.34. The lowest BCUT2D eigenvalue weighted by molar-refractivity contribution is -0.141. The minimum atomic E-state index is -4.45. The summed E-state index contributed by atoms with van der Waals surface area (Å²) < 4.78 is 43.8. The zero-order valence-electron chi connectivity index (χ0n) is 14.5. The molecule has 2 aromatic rings. The van der Waals surface area contributed by atoms with Gasteiger partial charge in [0.1, 0.15) is 11.4 Å². The second-order valence-electron chi connectivity index (χ2n) is 6.08. The molecule has 0 spiro atoms. The maximum atomic E-state index is 12.8. The number of rotatable bonds is 5. The van der Waals surface area contributed by atoms with Crippen molar-refractivity contribution < 1.29 is 17.9 Å². The Morgan fingerprint density at radius 2 is 1.73 bits per heavy atom. The molecule has 1 aromatic carbocycles. The number of anilines is 1. The molecule has 26 heavy (non-hydrogen) atoms. The van der Waals surface area contributed by atoms with E-state index in [1.54, 1.807) is 4.90 Å². The van der Waals surface area contributed by atoms with Gasteiger partial charge in [0.25, 0.3) is 0 Å². The predicted molar refractivity (Wildman–Crippen MR) is 92.1 cm³/mol. The van der Waals surface area contributed by atoms with Crippen molar-refractivity contribution in [1.82, 2.24) is 14.9 Å². The molecule has 1 aliphatic heterocycles. The van der Waals surface area contributed by atoms with E-state index in [0.29, 0.717) is 19.7 Å². The highest BCUT2D eigenvalue weighted by Gasteiger charge is 2.33. The van der Waals surface area contributed by atoms with Crippen LogP contribution in [0.5, 0.6) is 5.75 Å². The van der Waals surface area contributed by atoms with Gasteiger partial charge < -0.3 is 9.64 Å². The van der Waals surface area contributed by atoms with Crippen molar-refractivity contribution in [3.63, 3.8) is 0 Å². The van der Waals surface area contributed by atoms with Gasteiger partial charge in [0.2, 0.25) is 5.95 Å². The van der Waals surface area contributed by atoms with Gasteiger partial charge in [-0.25, -0.2) is 9.97 Å². The summed E-state index contributed by atoms with van der Waals surface area (Å²) in [6.07, 6.45) is -3.29. The van der Waals surface area contributed by atoms with Crippen molar-refractivity contribution in [2.24, 2.45) is 0 Å². The zero-order chi connectivity index (χ0) is 18.6. The Balaban J connectivity index is 1.56. The fraction of sp³-hybridized carbons (Fsp3) is 0.444. The molecule has 3 rings (SSSR count). The van der Waals surface area contributed by atoms with Gasteiger partial charge in [0.05, 0.1) is 6.61 Å².